The highest BCUT2D eigenvalue weighted by molar-refractivity contribution is 5.98. The van der Waals surface area contributed by atoms with Gasteiger partial charge in [-0.25, -0.2) is 4.79 Å². The SMILES string of the molecule is CCC(=O)CC(=O)N[C@@H](c1ccccc1)[C@@H](O)C(=O)O[C@H]1C[C@@]2(O)[C@@H](c3ccccc3)C3[C@]4(C)CO[C@@H]4C[C@H](O)[C@@]3(C)C(=O)[C@H](O)C(=C1C)C2(C)C. The number of hydrogen-bond donors (Lipinski definition) is 5. The van der Waals surface area contributed by atoms with Crippen molar-refractivity contribution in [3.63, 3.8) is 0 Å². The van der Waals surface area contributed by atoms with Crippen LogP contribution in [0.1, 0.15) is 90.3 Å². The summed E-state index contributed by atoms with van der Waals surface area (Å²) in [6.45, 7) is 10.8. The van der Waals surface area contributed by atoms with Crippen molar-refractivity contribution in [3.8, 4) is 0 Å². The Morgan fingerprint density at radius 2 is 1.62 bits per heavy atom. The summed E-state index contributed by atoms with van der Waals surface area (Å²) in [5.74, 6) is -4.18. The van der Waals surface area contributed by atoms with Crippen LogP contribution >= 0.6 is 0 Å². The van der Waals surface area contributed by atoms with Gasteiger partial charge in [-0.3, -0.25) is 14.4 Å². The molecule has 52 heavy (non-hydrogen) atoms. The fourth-order valence-corrected chi connectivity index (χ4v) is 9.98. The molecule has 0 spiro atoms. The van der Waals surface area contributed by atoms with Gasteiger partial charge in [0.15, 0.2) is 11.9 Å². The highest BCUT2D eigenvalue weighted by Crippen LogP contribution is 2.69. The van der Waals surface area contributed by atoms with E-state index < -0.39 is 88.2 Å². The van der Waals surface area contributed by atoms with E-state index in [0.717, 1.165) is 5.56 Å². The monoisotopic (exact) mass is 717 g/mol. The lowest BCUT2D eigenvalue weighted by molar-refractivity contribution is -0.293. The van der Waals surface area contributed by atoms with Crippen molar-refractivity contribution in [2.75, 3.05) is 6.61 Å². The van der Waals surface area contributed by atoms with Crippen molar-refractivity contribution in [3.05, 3.63) is 82.9 Å². The molecular weight excluding hydrogens is 666 g/mol. The number of esters is 1. The number of amides is 1. The Kier molecular flexibility index (Phi) is 9.93. The lowest BCUT2D eigenvalue weighted by atomic mass is 9.39. The van der Waals surface area contributed by atoms with Crippen molar-refractivity contribution in [1.29, 1.82) is 0 Å². The van der Waals surface area contributed by atoms with Gasteiger partial charge in [-0.15, -0.1) is 0 Å². The first-order valence-corrected chi connectivity index (χ1v) is 18.2. The molecule has 1 amide bonds. The number of nitrogens with one attached hydrogen (secondary N) is 1. The van der Waals surface area contributed by atoms with Crippen LogP contribution in [0, 0.1) is 22.2 Å². The average molecular weight is 718 g/mol. The number of aliphatic hydroxyl groups excluding tert-OH is 3. The molecule has 4 aliphatic rings. The minimum atomic E-state index is -1.92. The third-order valence-electron chi connectivity index (χ3n) is 13.1. The number of carbonyl (C=O) groups excluding carboxylic acids is 4. The first kappa shape index (κ1) is 38.0. The molecule has 280 valence electrons. The van der Waals surface area contributed by atoms with Gasteiger partial charge in [-0.1, -0.05) is 88.4 Å². The van der Waals surface area contributed by atoms with Crippen LogP contribution in [0.15, 0.2) is 71.8 Å². The molecule has 1 aliphatic heterocycles. The lowest BCUT2D eigenvalue weighted by Gasteiger charge is -2.69. The summed E-state index contributed by atoms with van der Waals surface area (Å²) in [6.07, 6.45) is -6.66. The molecular formula is C41H51NO10. The molecule has 1 unspecified atom stereocenters. The van der Waals surface area contributed by atoms with Gasteiger partial charge >= 0.3 is 5.97 Å². The maximum Gasteiger partial charge on any atom is 0.338 e. The van der Waals surface area contributed by atoms with Gasteiger partial charge < -0.3 is 35.2 Å². The Balaban J connectivity index is 1.45. The Bertz CT molecular complexity index is 1760. The predicted octanol–water partition coefficient (Wildman–Crippen LogP) is 3.48. The van der Waals surface area contributed by atoms with Crippen molar-refractivity contribution < 1.29 is 49.1 Å². The molecule has 2 aromatic carbocycles. The Morgan fingerprint density at radius 3 is 2.19 bits per heavy atom. The first-order valence-electron chi connectivity index (χ1n) is 18.2. The Hall–Kier alpha value is -3.74. The molecule has 2 aromatic rings. The summed E-state index contributed by atoms with van der Waals surface area (Å²) in [4.78, 5) is 53.6. The van der Waals surface area contributed by atoms with E-state index in [-0.39, 0.29) is 43.3 Å². The van der Waals surface area contributed by atoms with E-state index in [9.17, 15) is 39.6 Å². The third-order valence-corrected chi connectivity index (χ3v) is 13.1. The minimum Gasteiger partial charge on any atom is -0.456 e. The van der Waals surface area contributed by atoms with Gasteiger partial charge in [-0.05, 0) is 42.0 Å². The zero-order valence-electron chi connectivity index (χ0n) is 30.7. The van der Waals surface area contributed by atoms with Crippen LogP contribution in [-0.2, 0) is 28.7 Å². The quantitative estimate of drug-likeness (QED) is 0.147. The van der Waals surface area contributed by atoms with Crippen LogP contribution < -0.4 is 5.32 Å². The van der Waals surface area contributed by atoms with Crippen molar-refractivity contribution >= 4 is 23.4 Å². The number of rotatable bonds is 9. The van der Waals surface area contributed by atoms with Crippen LogP contribution in [0.2, 0.25) is 0 Å². The normalized spacial score (nSPS) is 36.2. The van der Waals surface area contributed by atoms with Gasteiger partial charge in [0.25, 0.3) is 0 Å². The molecule has 11 atom stereocenters. The smallest absolute Gasteiger partial charge is 0.338 e. The molecule has 1 heterocycles. The maximum absolute atomic E-state index is 14.8. The molecule has 3 aliphatic carbocycles. The number of Topliss-reactive ketones (excluding diaryl/α,β-unsaturated/α-hetero) is 2. The summed E-state index contributed by atoms with van der Waals surface area (Å²) < 4.78 is 12.0. The van der Waals surface area contributed by atoms with Crippen molar-refractivity contribution in [2.24, 2.45) is 22.2 Å². The fraction of sp³-hybridized carbons (Fsp3) is 0.561. The molecule has 2 bridgehead atoms. The summed E-state index contributed by atoms with van der Waals surface area (Å²) >= 11 is 0. The largest absolute Gasteiger partial charge is 0.456 e. The summed E-state index contributed by atoms with van der Waals surface area (Å²) in [7, 11) is 0. The van der Waals surface area contributed by atoms with E-state index in [1.165, 1.54) is 0 Å². The Morgan fingerprint density at radius 1 is 1.00 bits per heavy atom. The molecule has 11 heteroatoms. The second kappa shape index (κ2) is 13.6. The number of ether oxygens (including phenoxy) is 2. The average Bonchev–Trinajstić information content (AvgIpc) is 3.11. The van der Waals surface area contributed by atoms with E-state index in [0.29, 0.717) is 11.1 Å². The number of carbonyl (C=O) groups is 4. The highest BCUT2D eigenvalue weighted by atomic mass is 16.6. The van der Waals surface area contributed by atoms with E-state index in [1.807, 2.05) is 37.3 Å². The fourth-order valence-electron chi connectivity index (χ4n) is 9.98. The van der Waals surface area contributed by atoms with Crippen LogP contribution in [-0.4, -0.2) is 86.6 Å². The van der Waals surface area contributed by atoms with Crippen LogP contribution in [0.4, 0.5) is 0 Å². The van der Waals surface area contributed by atoms with E-state index in [1.54, 1.807) is 65.0 Å². The molecule has 1 saturated heterocycles. The second-order valence-corrected chi connectivity index (χ2v) is 16.2. The van der Waals surface area contributed by atoms with Crippen molar-refractivity contribution in [1.82, 2.24) is 5.32 Å². The zero-order valence-corrected chi connectivity index (χ0v) is 30.7. The molecule has 0 aromatic heterocycles. The minimum absolute atomic E-state index is 0.146. The van der Waals surface area contributed by atoms with E-state index in [2.05, 4.69) is 5.32 Å². The summed E-state index contributed by atoms with van der Waals surface area (Å²) in [6, 6.07) is 16.4. The maximum atomic E-state index is 14.8. The number of hydrogen-bond acceptors (Lipinski definition) is 10. The summed E-state index contributed by atoms with van der Waals surface area (Å²) in [5.41, 5.74) is -3.51. The molecule has 3 fully saturated rings. The molecule has 5 N–H and O–H groups in total. The summed E-state index contributed by atoms with van der Waals surface area (Å²) in [5, 5.41) is 51.5. The standard InChI is InChI=1S/C41H51NO10/c1-7-25(43)18-29(45)42-32(24-16-12-9-13-17-24)34(47)37(49)52-26-20-41(50)31(23-14-10-8-11-15-23)35-39(5)21-51-28(39)19-27(44)40(35,6)36(48)33(46)30(22(26)2)38(41,3)4/h8-17,26-28,31-35,44,46-47,50H,7,18-21H2,1-6H3,(H,42,45)/t26-,27-,28+,31-,32-,33+,34+,35?,39+,40+,41+/m0/s1. The van der Waals surface area contributed by atoms with Crippen LogP contribution in [0.25, 0.3) is 0 Å². The van der Waals surface area contributed by atoms with Gasteiger partial charge in [0, 0.05) is 36.0 Å². The van der Waals surface area contributed by atoms with Crippen molar-refractivity contribution in [2.45, 2.75) is 115 Å². The van der Waals surface area contributed by atoms with E-state index in [4.69, 9.17) is 9.47 Å². The van der Waals surface area contributed by atoms with Crippen LogP contribution in [0.5, 0.6) is 0 Å². The zero-order chi connectivity index (χ0) is 38.0. The topological polar surface area (TPSA) is 180 Å². The van der Waals surface area contributed by atoms with Gasteiger partial charge in [-0.2, -0.15) is 0 Å². The number of ketones is 2. The molecule has 6 rings (SSSR count). The van der Waals surface area contributed by atoms with Crippen LogP contribution in [0.3, 0.4) is 0 Å². The predicted molar refractivity (Wildman–Crippen MR) is 189 cm³/mol. The number of fused-ring (bicyclic) bond motifs is 5. The van der Waals surface area contributed by atoms with Gasteiger partial charge in [0.05, 0.1) is 42.3 Å². The van der Waals surface area contributed by atoms with E-state index >= 15 is 0 Å². The number of benzene rings is 2. The first-order chi connectivity index (χ1) is 24.4. The Labute approximate surface area is 304 Å². The highest BCUT2D eigenvalue weighted by Gasteiger charge is 2.74. The second-order valence-electron chi connectivity index (χ2n) is 16.2. The third kappa shape index (κ3) is 5.76. The molecule has 2 saturated carbocycles. The van der Waals surface area contributed by atoms with Gasteiger partial charge in [0.1, 0.15) is 18.0 Å². The lowest BCUT2D eigenvalue weighted by Crippen LogP contribution is -2.74. The molecule has 11 nitrogen and oxygen atoms in total. The number of aliphatic hydroxyl groups is 4. The van der Waals surface area contributed by atoms with Gasteiger partial charge in [0.2, 0.25) is 5.91 Å². The molecule has 0 radical (unpaired) electrons.